The van der Waals surface area contributed by atoms with Gasteiger partial charge in [-0.15, -0.1) is 5.10 Å². The van der Waals surface area contributed by atoms with Gasteiger partial charge in [0, 0.05) is 11.8 Å². The summed E-state index contributed by atoms with van der Waals surface area (Å²) in [6, 6.07) is 3.56. The Balaban J connectivity index is 2.04. The maximum Gasteiger partial charge on any atom is 0.416 e. The highest BCUT2D eigenvalue weighted by Gasteiger charge is 2.31. The number of nitrogens with zero attached hydrogens (tertiary/aromatic N) is 4. The van der Waals surface area contributed by atoms with Gasteiger partial charge < -0.3 is 10.3 Å². The van der Waals surface area contributed by atoms with Crippen LogP contribution in [0.2, 0.25) is 0 Å². The number of benzene rings is 1. The van der Waals surface area contributed by atoms with Gasteiger partial charge in [-0.25, -0.2) is 9.67 Å². The molecule has 2 heterocycles. The molecule has 3 rings (SSSR count). The first-order valence-corrected chi connectivity index (χ1v) is 8.11. The van der Waals surface area contributed by atoms with E-state index in [0.717, 1.165) is 12.1 Å². The van der Waals surface area contributed by atoms with Crippen LogP contribution in [0, 0.1) is 20.8 Å². The lowest BCUT2D eigenvalue weighted by molar-refractivity contribution is -0.137. The Kier molecular flexibility index (Phi) is 4.80. The van der Waals surface area contributed by atoms with Crippen molar-refractivity contribution >= 4 is 17.7 Å². The normalized spacial score (nSPS) is 12.4. The van der Waals surface area contributed by atoms with Crippen molar-refractivity contribution in [1.82, 2.24) is 19.9 Å². The standard InChI is InChI=1S/C18H16F3N5O2/c1-9-4-12(6-13(5-9)18(19,20)21)17-23-8-26(24-17)7-14(16(22)27)15-10(2)25-28-11(15)3/h4-8H,1-3H3,(H2,22,27)/b14-7-. The zero-order valence-corrected chi connectivity index (χ0v) is 15.2. The van der Waals surface area contributed by atoms with E-state index in [1.165, 1.54) is 17.2 Å². The van der Waals surface area contributed by atoms with Crippen LogP contribution in [0.1, 0.15) is 28.1 Å². The summed E-state index contributed by atoms with van der Waals surface area (Å²) in [5.41, 5.74) is 6.28. The van der Waals surface area contributed by atoms with Crippen LogP contribution < -0.4 is 5.73 Å². The monoisotopic (exact) mass is 391 g/mol. The molecule has 0 aliphatic carbocycles. The molecule has 146 valence electrons. The smallest absolute Gasteiger partial charge is 0.366 e. The van der Waals surface area contributed by atoms with Crippen LogP contribution >= 0.6 is 0 Å². The molecule has 1 aromatic carbocycles. The van der Waals surface area contributed by atoms with Gasteiger partial charge in [-0.2, -0.15) is 13.2 Å². The van der Waals surface area contributed by atoms with E-state index in [1.54, 1.807) is 26.8 Å². The number of primary amides is 1. The number of carbonyl (C=O) groups is 1. The summed E-state index contributed by atoms with van der Waals surface area (Å²) < 4.78 is 45.4. The van der Waals surface area contributed by atoms with Gasteiger partial charge in [-0.1, -0.05) is 5.16 Å². The van der Waals surface area contributed by atoms with Crippen molar-refractivity contribution in [3.05, 3.63) is 52.7 Å². The second kappa shape index (κ2) is 6.95. The van der Waals surface area contributed by atoms with E-state index < -0.39 is 17.6 Å². The number of aromatic nitrogens is 4. The quantitative estimate of drug-likeness (QED) is 0.688. The molecule has 0 aliphatic rings. The van der Waals surface area contributed by atoms with Gasteiger partial charge in [0.15, 0.2) is 5.82 Å². The second-order valence-corrected chi connectivity index (χ2v) is 6.24. The molecule has 28 heavy (non-hydrogen) atoms. The lowest BCUT2D eigenvalue weighted by Gasteiger charge is -2.09. The number of amides is 1. The van der Waals surface area contributed by atoms with Gasteiger partial charge in [-0.3, -0.25) is 4.79 Å². The van der Waals surface area contributed by atoms with Crippen LogP contribution in [0.5, 0.6) is 0 Å². The molecule has 0 aliphatic heterocycles. The zero-order valence-electron chi connectivity index (χ0n) is 15.2. The maximum atomic E-state index is 13.0. The average molecular weight is 391 g/mol. The molecule has 3 aromatic rings. The first kappa shape index (κ1) is 19.3. The summed E-state index contributed by atoms with van der Waals surface area (Å²) in [6.07, 6.45) is -1.89. The van der Waals surface area contributed by atoms with E-state index >= 15 is 0 Å². The molecule has 10 heteroatoms. The molecule has 0 saturated carbocycles. The molecule has 0 spiro atoms. The Bertz CT molecular complexity index is 1060. The van der Waals surface area contributed by atoms with Crippen LogP contribution in [-0.2, 0) is 11.0 Å². The third-order valence-corrected chi connectivity index (χ3v) is 4.00. The summed E-state index contributed by atoms with van der Waals surface area (Å²) in [7, 11) is 0. The molecule has 0 fully saturated rings. The highest BCUT2D eigenvalue weighted by atomic mass is 19.4. The number of halogens is 3. The van der Waals surface area contributed by atoms with Crippen LogP contribution in [0.4, 0.5) is 13.2 Å². The van der Waals surface area contributed by atoms with Crippen LogP contribution in [-0.4, -0.2) is 25.8 Å². The summed E-state index contributed by atoms with van der Waals surface area (Å²) in [5.74, 6) is -0.259. The fraction of sp³-hybridized carbons (Fsp3) is 0.222. The fourth-order valence-corrected chi connectivity index (χ4v) is 2.80. The average Bonchev–Trinajstić information content (AvgIpc) is 3.18. The van der Waals surface area contributed by atoms with Crippen LogP contribution in [0.3, 0.4) is 0 Å². The number of hydrogen-bond donors (Lipinski definition) is 1. The predicted octanol–water partition coefficient (Wildman–Crippen LogP) is 3.36. The lowest BCUT2D eigenvalue weighted by Crippen LogP contribution is -2.14. The van der Waals surface area contributed by atoms with Crippen LogP contribution in [0.25, 0.3) is 23.2 Å². The van der Waals surface area contributed by atoms with E-state index in [2.05, 4.69) is 15.2 Å². The molecule has 0 unspecified atom stereocenters. The van der Waals surface area contributed by atoms with E-state index in [9.17, 15) is 18.0 Å². The Morgan fingerprint density at radius 2 is 1.93 bits per heavy atom. The predicted molar refractivity (Wildman–Crippen MR) is 94.5 cm³/mol. The Labute approximate surface area is 157 Å². The van der Waals surface area contributed by atoms with Crippen molar-refractivity contribution in [3.63, 3.8) is 0 Å². The van der Waals surface area contributed by atoms with Crippen molar-refractivity contribution in [2.24, 2.45) is 5.73 Å². The molecule has 0 saturated heterocycles. The molecule has 0 bridgehead atoms. The van der Waals surface area contributed by atoms with Gasteiger partial charge >= 0.3 is 6.18 Å². The molecule has 1 amide bonds. The van der Waals surface area contributed by atoms with Crippen molar-refractivity contribution in [1.29, 1.82) is 0 Å². The highest BCUT2D eigenvalue weighted by molar-refractivity contribution is 6.22. The summed E-state index contributed by atoms with van der Waals surface area (Å²) >= 11 is 0. The third-order valence-electron chi connectivity index (χ3n) is 4.00. The number of hydrogen-bond acceptors (Lipinski definition) is 5. The number of nitrogens with two attached hydrogens (primary N) is 1. The molecule has 7 nitrogen and oxygen atoms in total. The number of rotatable bonds is 4. The largest absolute Gasteiger partial charge is 0.416 e. The Morgan fingerprint density at radius 3 is 2.50 bits per heavy atom. The molecular formula is C18H16F3N5O2. The summed E-state index contributed by atoms with van der Waals surface area (Å²) in [4.78, 5) is 15.9. The minimum atomic E-state index is -4.48. The maximum absolute atomic E-state index is 13.0. The third kappa shape index (κ3) is 3.80. The first-order chi connectivity index (χ1) is 13.1. The number of alkyl halides is 3. The van der Waals surface area contributed by atoms with Crippen LogP contribution in [0.15, 0.2) is 29.0 Å². The first-order valence-electron chi connectivity index (χ1n) is 8.11. The van der Waals surface area contributed by atoms with Gasteiger partial charge in [-0.05, 0) is 44.5 Å². The Morgan fingerprint density at radius 1 is 1.21 bits per heavy atom. The molecule has 0 radical (unpaired) electrons. The van der Waals surface area contributed by atoms with Gasteiger partial charge in [0.2, 0.25) is 0 Å². The minimum Gasteiger partial charge on any atom is -0.366 e. The molecular weight excluding hydrogens is 375 g/mol. The molecule has 2 N–H and O–H groups in total. The highest BCUT2D eigenvalue weighted by Crippen LogP contribution is 2.32. The topological polar surface area (TPSA) is 99.8 Å². The SMILES string of the molecule is Cc1cc(-c2ncn(/C=C(\C(N)=O)c3c(C)noc3C)n2)cc(C(F)(F)F)c1. The minimum absolute atomic E-state index is 0.0769. The van der Waals surface area contributed by atoms with E-state index in [1.807, 2.05) is 0 Å². The number of carbonyl (C=O) groups excluding carboxylic acids is 1. The van der Waals surface area contributed by atoms with E-state index in [4.69, 9.17) is 10.3 Å². The van der Waals surface area contributed by atoms with E-state index in [-0.39, 0.29) is 17.0 Å². The molecule has 2 aromatic heterocycles. The lowest BCUT2D eigenvalue weighted by atomic mass is 10.1. The van der Waals surface area contributed by atoms with Crippen molar-refractivity contribution < 1.29 is 22.5 Å². The Hall–Kier alpha value is -3.43. The summed E-state index contributed by atoms with van der Waals surface area (Å²) in [6.45, 7) is 4.84. The zero-order chi connectivity index (χ0) is 20.6. The van der Waals surface area contributed by atoms with Crippen molar-refractivity contribution in [2.75, 3.05) is 0 Å². The van der Waals surface area contributed by atoms with Crippen molar-refractivity contribution in [3.8, 4) is 11.4 Å². The fourth-order valence-electron chi connectivity index (χ4n) is 2.80. The molecule has 0 atom stereocenters. The van der Waals surface area contributed by atoms with Crippen molar-refractivity contribution in [2.45, 2.75) is 26.9 Å². The second-order valence-electron chi connectivity index (χ2n) is 6.24. The van der Waals surface area contributed by atoms with Gasteiger partial charge in [0.25, 0.3) is 5.91 Å². The number of aryl methyl sites for hydroxylation is 3. The van der Waals surface area contributed by atoms with Gasteiger partial charge in [0.05, 0.1) is 22.4 Å². The van der Waals surface area contributed by atoms with Gasteiger partial charge in [0.1, 0.15) is 12.1 Å². The summed E-state index contributed by atoms with van der Waals surface area (Å²) in [5, 5.41) is 7.92. The van der Waals surface area contributed by atoms with E-state index in [0.29, 0.717) is 22.6 Å².